The molecule has 10 atom stereocenters. The van der Waals surface area contributed by atoms with Crippen molar-refractivity contribution in [2.75, 3.05) is 6.61 Å². The third-order valence-corrected chi connectivity index (χ3v) is 10.4. The van der Waals surface area contributed by atoms with Crippen LogP contribution < -0.4 is 68.9 Å². The van der Waals surface area contributed by atoms with Crippen LogP contribution in [0.25, 0.3) is 0 Å². The minimum absolute atomic E-state index is 0. The van der Waals surface area contributed by atoms with E-state index in [4.69, 9.17) is 28.2 Å². The summed E-state index contributed by atoms with van der Waals surface area (Å²) in [7, 11) is -5.25. The topological polar surface area (TPSA) is 146 Å². The van der Waals surface area contributed by atoms with Gasteiger partial charge in [0.2, 0.25) is 0 Å². The first-order valence-electron chi connectivity index (χ1n) is 12.2. The Hall–Kier alpha value is 1.16. The van der Waals surface area contributed by atoms with E-state index < -0.39 is 37.0 Å². The van der Waals surface area contributed by atoms with Gasteiger partial charge in [-0.05, 0) is 43.1 Å². The first kappa shape index (κ1) is 28.7. The zero-order valence-corrected chi connectivity index (χ0v) is 26.5. The van der Waals surface area contributed by atoms with Crippen LogP contribution in [0.4, 0.5) is 0 Å². The number of esters is 1. The van der Waals surface area contributed by atoms with Gasteiger partial charge >= 0.3 is 65.1 Å². The second-order valence-electron chi connectivity index (χ2n) is 11.4. The molecule has 2 spiro atoms. The molecule has 0 aromatic rings. The number of fused-ring (bicyclic) bond motifs is 4. The maximum absolute atomic E-state index is 12.3. The zero-order valence-electron chi connectivity index (χ0n) is 21.6. The van der Waals surface area contributed by atoms with Gasteiger partial charge in [0.1, 0.15) is 36.1 Å². The molecular weight excluding hydrogens is 513 g/mol. The molecule has 0 aromatic heterocycles. The van der Waals surface area contributed by atoms with E-state index in [1.807, 2.05) is 13.8 Å². The Morgan fingerprint density at radius 2 is 1.89 bits per heavy atom. The molecule has 3 aliphatic carbocycles. The summed E-state index contributed by atoms with van der Waals surface area (Å²) in [4.78, 5) is 35.1. The standard InChI is InChI=1S/C23H31O10P.2Na/c1-5-15(33-34(25,26)27)29-19-21(10(2)3)16(31-21)17-23(32-17)20(4)7-6-11-12(9-28-18(11)24)13(20)8-14-22(19,23)30-14;;/h10,13-17,19H,5-9H2,1-4H3,(H2,25,26,27);;/q;2*+1/p-2/t13-,14-,15?,16-,17+,19+,20-,21-,22+,23+;;/m0../s1. The number of phosphoric ester groups is 1. The summed E-state index contributed by atoms with van der Waals surface area (Å²) >= 11 is 0. The van der Waals surface area contributed by atoms with Crippen LogP contribution in [0.1, 0.15) is 53.4 Å². The molecule has 2 saturated carbocycles. The molecule has 4 aliphatic heterocycles. The predicted octanol–water partition coefficient (Wildman–Crippen LogP) is -5.28. The third kappa shape index (κ3) is 3.26. The van der Waals surface area contributed by atoms with Crippen LogP contribution in [-0.4, -0.2) is 60.1 Å². The smallest absolute Gasteiger partial charge is 0.790 e. The summed E-state index contributed by atoms with van der Waals surface area (Å²) in [6.07, 6.45) is -0.222. The number of ether oxygens (including phenoxy) is 5. The number of hydrogen-bond donors (Lipinski definition) is 0. The van der Waals surface area contributed by atoms with Crippen molar-refractivity contribution >= 4 is 13.8 Å². The summed E-state index contributed by atoms with van der Waals surface area (Å²) in [6, 6.07) is 0. The minimum Gasteiger partial charge on any atom is -0.790 e. The fourth-order valence-corrected chi connectivity index (χ4v) is 8.85. The van der Waals surface area contributed by atoms with E-state index >= 15 is 0 Å². The number of hydrogen-bond acceptors (Lipinski definition) is 10. The normalized spacial score (nSPS) is 49.6. The Balaban J connectivity index is 0.00000133. The summed E-state index contributed by atoms with van der Waals surface area (Å²) in [5.41, 5.74) is -0.681. The summed E-state index contributed by atoms with van der Waals surface area (Å²) in [6.45, 7) is 8.32. The molecule has 7 aliphatic rings. The quantitative estimate of drug-likeness (QED) is 0.105. The molecule has 10 nitrogen and oxygen atoms in total. The van der Waals surface area contributed by atoms with Gasteiger partial charge in [-0.25, -0.2) is 4.79 Å². The van der Waals surface area contributed by atoms with Crippen LogP contribution in [-0.2, 0) is 37.6 Å². The van der Waals surface area contributed by atoms with Gasteiger partial charge in [0, 0.05) is 11.0 Å². The minimum atomic E-state index is -5.25. The van der Waals surface area contributed by atoms with E-state index in [0.29, 0.717) is 19.4 Å². The van der Waals surface area contributed by atoms with Crippen LogP contribution in [0, 0.1) is 17.3 Å². The largest absolute Gasteiger partial charge is 1.00 e. The molecule has 1 unspecified atom stereocenters. The maximum atomic E-state index is 12.3. The molecule has 5 fully saturated rings. The molecule has 0 bridgehead atoms. The van der Waals surface area contributed by atoms with E-state index in [1.165, 1.54) is 0 Å². The molecule has 0 N–H and O–H groups in total. The van der Waals surface area contributed by atoms with Gasteiger partial charge in [-0.2, -0.15) is 0 Å². The van der Waals surface area contributed by atoms with E-state index in [9.17, 15) is 19.1 Å². The Morgan fingerprint density at radius 1 is 1.17 bits per heavy atom. The van der Waals surface area contributed by atoms with Crippen molar-refractivity contribution in [1.82, 2.24) is 0 Å². The summed E-state index contributed by atoms with van der Waals surface area (Å²) in [5.74, 6) is -0.0889. The summed E-state index contributed by atoms with van der Waals surface area (Å²) < 4.78 is 47.5. The monoisotopic (exact) mass is 542 g/mol. The van der Waals surface area contributed by atoms with Gasteiger partial charge < -0.3 is 42.6 Å². The number of carbonyl (C=O) groups is 1. The first-order valence-corrected chi connectivity index (χ1v) is 13.7. The number of epoxide rings is 3. The average Bonchev–Trinajstić information content (AvgIpc) is 3.65. The third-order valence-electron chi connectivity index (χ3n) is 9.93. The van der Waals surface area contributed by atoms with Gasteiger partial charge in [0.05, 0.1) is 13.9 Å². The van der Waals surface area contributed by atoms with Gasteiger partial charge in [-0.15, -0.1) is 0 Å². The molecule has 0 radical (unpaired) electrons. The molecule has 0 aromatic carbocycles. The van der Waals surface area contributed by atoms with Crippen molar-refractivity contribution in [3.05, 3.63) is 11.1 Å². The van der Waals surface area contributed by atoms with Crippen molar-refractivity contribution in [1.29, 1.82) is 0 Å². The van der Waals surface area contributed by atoms with Crippen LogP contribution in [0.3, 0.4) is 0 Å². The molecule has 7 rings (SSSR count). The Morgan fingerprint density at radius 3 is 2.53 bits per heavy atom. The average molecular weight is 542 g/mol. The second kappa shape index (κ2) is 8.58. The molecule has 0 amide bonds. The predicted molar refractivity (Wildman–Crippen MR) is 109 cm³/mol. The van der Waals surface area contributed by atoms with Crippen molar-refractivity contribution < 1.29 is 106 Å². The van der Waals surface area contributed by atoms with Gasteiger partial charge in [0.15, 0.2) is 11.9 Å². The number of phosphoric acid groups is 1. The van der Waals surface area contributed by atoms with Gasteiger partial charge in [-0.3, -0.25) is 0 Å². The molecule has 36 heavy (non-hydrogen) atoms. The van der Waals surface area contributed by atoms with Gasteiger partial charge in [0.25, 0.3) is 0 Å². The van der Waals surface area contributed by atoms with E-state index in [1.54, 1.807) is 6.92 Å². The van der Waals surface area contributed by atoms with Crippen LogP contribution in [0.2, 0.25) is 0 Å². The van der Waals surface area contributed by atoms with Crippen molar-refractivity contribution in [3.63, 3.8) is 0 Å². The first-order chi connectivity index (χ1) is 16.0. The summed E-state index contributed by atoms with van der Waals surface area (Å²) in [5, 5.41) is 0. The van der Waals surface area contributed by atoms with Crippen molar-refractivity contribution in [2.45, 2.75) is 101 Å². The molecule has 13 heteroatoms. The molecule has 3 saturated heterocycles. The second-order valence-corrected chi connectivity index (χ2v) is 12.5. The molecule has 4 heterocycles. The van der Waals surface area contributed by atoms with Gasteiger partial charge in [-0.1, -0.05) is 27.7 Å². The fourth-order valence-electron chi connectivity index (χ4n) is 8.36. The number of rotatable bonds is 6. The van der Waals surface area contributed by atoms with Crippen LogP contribution >= 0.6 is 7.82 Å². The Bertz CT molecular complexity index is 1080. The fraction of sp³-hybridized carbons (Fsp3) is 0.870. The SMILES string of the molecule is CCC(O[C@@H]1[C@@]2(C(C)C)O[C@H]2[C@H]2O[C@]23[C@]12O[C@H]2C[C@H]1C2=C(CC[C@@]13C)C(=O)OC2)OP(=O)([O-])[O-].[Na+].[Na+]. The van der Waals surface area contributed by atoms with Crippen molar-refractivity contribution in [3.8, 4) is 0 Å². The Labute approximate surface area is 254 Å². The maximum Gasteiger partial charge on any atom is 1.00 e. The van der Waals surface area contributed by atoms with E-state index in [0.717, 1.165) is 17.6 Å². The molecular formula is C23H29Na2O10P. The van der Waals surface area contributed by atoms with E-state index in [2.05, 4.69) is 6.92 Å². The number of carbonyl (C=O) groups excluding carboxylic acids is 1. The Kier molecular flexibility index (Phi) is 6.84. The molecule has 188 valence electrons. The zero-order chi connectivity index (χ0) is 24.1. The van der Waals surface area contributed by atoms with E-state index in [-0.39, 0.29) is 107 Å². The van der Waals surface area contributed by atoms with Crippen LogP contribution in [0.15, 0.2) is 11.1 Å². The number of cyclic esters (lactones) is 1. The van der Waals surface area contributed by atoms with Crippen LogP contribution in [0.5, 0.6) is 0 Å². The van der Waals surface area contributed by atoms with Crippen molar-refractivity contribution in [2.24, 2.45) is 17.3 Å².